The van der Waals surface area contributed by atoms with Crippen molar-refractivity contribution in [3.63, 3.8) is 0 Å². The fraction of sp³-hybridized carbons (Fsp3) is 0.250. The van der Waals surface area contributed by atoms with Crippen LogP contribution in [-0.2, 0) is 4.84 Å². The number of pyridine rings is 1. The minimum absolute atomic E-state index is 0.179. The summed E-state index contributed by atoms with van der Waals surface area (Å²) in [6.45, 7) is 1.66. The van der Waals surface area contributed by atoms with Gasteiger partial charge in [0.05, 0.1) is 23.4 Å². The SMILES string of the molecule is CONC(=O)c1cc(Cl)c(Cl)nc1C. The molecule has 0 atom stereocenters. The van der Waals surface area contributed by atoms with Crippen molar-refractivity contribution in [2.45, 2.75) is 6.92 Å². The summed E-state index contributed by atoms with van der Waals surface area (Å²) in [7, 11) is 1.35. The molecule has 0 aromatic carbocycles. The third-order valence-electron chi connectivity index (χ3n) is 1.56. The van der Waals surface area contributed by atoms with Gasteiger partial charge >= 0.3 is 0 Å². The zero-order chi connectivity index (χ0) is 10.7. The third kappa shape index (κ3) is 2.35. The van der Waals surface area contributed by atoms with Crippen molar-refractivity contribution in [2.24, 2.45) is 0 Å². The Labute approximate surface area is 91.1 Å². The van der Waals surface area contributed by atoms with Crippen LogP contribution in [0.2, 0.25) is 10.2 Å². The van der Waals surface area contributed by atoms with Gasteiger partial charge in [0.25, 0.3) is 5.91 Å². The van der Waals surface area contributed by atoms with Crippen LogP contribution in [0, 0.1) is 6.92 Å². The van der Waals surface area contributed by atoms with Crippen molar-refractivity contribution in [1.82, 2.24) is 10.5 Å². The Kier molecular flexibility index (Phi) is 3.69. The van der Waals surface area contributed by atoms with Crippen molar-refractivity contribution in [3.8, 4) is 0 Å². The lowest BCUT2D eigenvalue weighted by molar-refractivity contribution is 0.0536. The highest BCUT2D eigenvalue weighted by Crippen LogP contribution is 2.22. The zero-order valence-electron chi connectivity index (χ0n) is 7.60. The van der Waals surface area contributed by atoms with Crippen molar-refractivity contribution in [2.75, 3.05) is 7.11 Å². The van der Waals surface area contributed by atoms with Gasteiger partial charge in [-0.3, -0.25) is 9.63 Å². The zero-order valence-corrected chi connectivity index (χ0v) is 9.11. The lowest BCUT2D eigenvalue weighted by Gasteiger charge is -2.06. The molecular weight excluding hydrogens is 227 g/mol. The number of carbonyl (C=O) groups is 1. The lowest BCUT2D eigenvalue weighted by Crippen LogP contribution is -2.23. The van der Waals surface area contributed by atoms with E-state index in [2.05, 4.69) is 15.3 Å². The first-order chi connectivity index (χ1) is 6.56. The first-order valence-electron chi connectivity index (χ1n) is 3.72. The molecule has 1 aromatic rings. The average molecular weight is 235 g/mol. The molecule has 0 fully saturated rings. The second kappa shape index (κ2) is 4.59. The Hall–Kier alpha value is -0.840. The predicted octanol–water partition coefficient (Wildman–Crippen LogP) is 1.99. The molecule has 1 N–H and O–H groups in total. The van der Waals surface area contributed by atoms with Crippen LogP contribution >= 0.6 is 23.2 Å². The van der Waals surface area contributed by atoms with Gasteiger partial charge in [0, 0.05) is 0 Å². The summed E-state index contributed by atoms with van der Waals surface area (Å²) in [5.41, 5.74) is 3.00. The first-order valence-corrected chi connectivity index (χ1v) is 4.47. The largest absolute Gasteiger partial charge is 0.277 e. The van der Waals surface area contributed by atoms with E-state index in [1.54, 1.807) is 6.92 Å². The second-order valence-corrected chi connectivity index (χ2v) is 3.29. The molecule has 4 nitrogen and oxygen atoms in total. The number of carbonyl (C=O) groups excluding carboxylic acids is 1. The molecule has 0 unspecified atom stereocenters. The quantitative estimate of drug-likeness (QED) is 0.629. The van der Waals surface area contributed by atoms with Gasteiger partial charge in [-0.25, -0.2) is 10.5 Å². The molecule has 1 aromatic heterocycles. The smallest absolute Gasteiger partial charge is 0.276 e. The standard InChI is InChI=1S/C8H8Cl2N2O2/c1-4-5(8(13)12-14-2)3-6(9)7(10)11-4/h3H,1-2H3,(H,12,13). The Morgan fingerprint density at radius 1 is 1.57 bits per heavy atom. The highest BCUT2D eigenvalue weighted by atomic mass is 35.5. The molecular formula is C8H8Cl2N2O2. The maximum atomic E-state index is 11.4. The minimum Gasteiger partial charge on any atom is -0.277 e. The highest BCUT2D eigenvalue weighted by Gasteiger charge is 2.12. The molecule has 0 aliphatic heterocycles. The number of amides is 1. The van der Waals surface area contributed by atoms with E-state index in [4.69, 9.17) is 23.2 Å². The predicted molar refractivity (Wildman–Crippen MR) is 53.5 cm³/mol. The van der Waals surface area contributed by atoms with Crippen LogP contribution in [0.4, 0.5) is 0 Å². The van der Waals surface area contributed by atoms with Crippen LogP contribution in [-0.4, -0.2) is 18.0 Å². The van der Waals surface area contributed by atoms with Crippen LogP contribution in [0.25, 0.3) is 0 Å². The van der Waals surface area contributed by atoms with E-state index < -0.39 is 5.91 Å². The Morgan fingerprint density at radius 2 is 2.21 bits per heavy atom. The number of aromatic nitrogens is 1. The van der Waals surface area contributed by atoms with E-state index in [0.29, 0.717) is 11.3 Å². The van der Waals surface area contributed by atoms with E-state index in [-0.39, 0.29) is 10.2 Å². The fourth-order valence-corrected chi connectivity index (χ4v) is 1.26. The van der Waals surface area contributed by atoms with Crippen molar-refractivity contribution in [3.05, 3.63) is 27.5 Å². The van der Waals surface area contributed by atoms with Gasteiger partial charge in [-0.05, 0) is 13.0 Å². The molecule has 0 radical (unpaired) electrons. The van der Waals surface area contributed by atoms with Crippen LogP contribution in [0.5, 0.6) is 0 Å². The topological polar surface area (TPSA) is 51.2 Å². The summed E-state index contributed by atoms with van der Waals surface area (Å²) in [4.78, 5) is 19.7. The number of nitrogens with one attached hydrogen (secondary N) is 1. The molecule has 0 aliphatic rings. The van der Waals surface area contributed by atoms with Gasteiger partial charge in [-0.2, -0.15) is 0 Å². The van der Waals surface area contributed by atoms with Crippen LogP contribution in [0.15, 0.2) is 6.07 Å². The molecule has 14 heavy (non-hydrogen) atoms. The van der Waals surface area contributed by atoms with Crippen LogP contribution in [0.3, 0.4) is 0 Å². The first kappa shape index (κ1) is 11.2. The van der Waals surface area contributed by atoms with Crippen molar-refractivity contribution in [1.29, 1.82) is 0 Å². The number of hydroxylamine groups is 1. The van der Waals surface area contributed by atoms with Gasteiger partial charge < -0.3 is 0 Å². The van der Waals surface area contributed by atoms with Gasteiger partial charge in [0.15, 0.2) is 0 Å². The third-order valence-corrected chi connectivity index (χ3v) is 2.24. The summed E-state index contributed by atoms with van der Waals surface area (Å²) in [5, 5.41) is 0.414. The van der Waals surface area contributed by atoms with Crippen LogP contribution in [0.1, 0.15) is 16.1 Å². The van der Waals surface area contributed by atoms with Gasteiger partial charge in [0.2, 0.25) is 0 Å². The number of aryl methyl sites for hydroxylation is 1. The fourth-order valence-electron chi connectivity index (χ4n) is 0.929. The maximum absolute atomic E-state index is 11.4. The molecule has 0 bridgehead atoms. The second-order valence-electron chi connectivity index (χ2n) is 2.53. The van der Waals surface area contributed by atoms with Gasteiger partial charge in [-0.15, -0.1) is 0 Å². The summed E-state index contributed by atoms with van der Waals surface area (Å²) in [6, 6.07) is 1.45. The Balaban J connectivity index is 3.09. The lowest BCUT2D eigenvalue weighted by atomic mass is 10.2. The summed E-state index contributed by atoms with van der Waals surface area (Å²) >= 11 is 11.4. The van der Waals surface area contributed by atoms with E-state index in [0.717, 1.165) is 0 Å². The van der Waals surface area contributed by atoms with Crippen LogP contribution < -0.4 is 5.48 Å². The van der Waals surface area contributed by atoms with E-state index in [9.17, 15) is 4.79 Å². The molecule has 0 spiro atoms. The number of rotatable bonds is 2. The average Bonchev–Trinajstić information content (AvgIpc) is 2.11. The summed E-state index contributed by atoms with van der Waals surface area (Å²) in [5.74, 6) is -0.406. The highest BCUT2D eigenvalue weighted by molar-refractivity contribution is 6.41. The van der Waals surface area contributed by atoms with Crippen molar-refractivity contribution < 1.29 is 9.63 Å². The normalized spacial score (nSPS) is 10.0. The Bertz CT molecular complexity index is 369. The van der Waals surface area contributed by atoms with Gasteiger partial charge in [-0.1, -0.05) is 23.2 Å². The van der Waals surface area contributed by atoms with Gasteiger partial charge in [0.1, 0.15) is 5.15 Å². The number of nitrogens with zero attached hydrogens (tertiary/aromatic N) is 1. The number of hydrogen-bond acceptors (Lipinski definition) is 3. The Morgan fingerprint density at radius 3 is 2.79 bits per heavy atom. The molecule has 76 valence electrons. The van der Waals surface area contributed by atoms with E-state index in [1.165, 1.54) is 13.2 Å². The van der Waals surface area contributed by atoms with Crippen molar-refractivity contribution >= 4 is 29.1 Å². The minimum atomic E-state index is -0.406. The molecule has 1 amide bonds. The molecule has 1 heterocycles. The van der Waals surface area contributed by atoms with E-state index in [1.807, 2.05) is 0 Å². The molecule has 0 aliphatic carbocycles. The molecule has 0 saturated carbocycles. The molecule has 0 saturated heterocycles. The number of halogens is 2. The summed E-state index contributed by atoms with van der Waals surface area (Å²) < 4.78 is 0. The molecule has 6 heteroatoms. The molecule has 1 rings (SSSR count). The maximum Gasteiger partial charge on any atom is 0.276 e. The van der Waals surface area contributed by atoms with E-state index >= 15 is 0 Å². The number of hydrogen-bond donors (Lipinski definition) is 1. The monoisotopic (exact) mass is 234 g/mol. The summed E-state index contributed by atoms with van der Waals surface area (Å²) in [6.07, 6.45) is 0.